The third-order valence-electron chi connectivity index (χ3n) is 4.02. The summed E-state index contributed by atoms with van der Waals surface area (Å²) >= 11 is 6.26. The average Bonchev–Trinajstić information content (AvgIpc) is 3.17. The van der Waals surface area contributed by atoms with Crippen LogP contribution in [0.5, 0.6) is 11.5 Å². The lowest BCUT2D eigenvalue weighted by Gasteiger charge is -2.20. The van der Waals surface area contributed by atoms with Crippen LogP contribution in [0, 0.1) is 6.92 Å². The number of nitrogens with one attached hydrogen (secondary N) is 1. The van der Waals surface area contributed by atoms with Gasteiger partial charge in [-0.05, 0) is 30.7 Å². The number of hydrogen-bond acceptors (Lipinski definition) is 5. The van der Waals surface area contributed by atoms with Crippen molar-refractivity contribution in [2.75, 3.05) is 18.5 Å². The van der Waals surface area contributed by atoms with Crippen LogP contribution >= 0.6 is 11.6 Å². The lowest BCUT2D eigenvalue weighted by Crippen LogP contribution is -2.17. The summed E-state index contributed by atoms with van der Waals surface area (Å²) in [6.07, 6.45) is 3.06. The lowest BCUT2D eigenvalue weighted by molar-refractivity contribution is 0.102. The van der Waals surface area contributed by atoms with Crippen molar-refractivity contribution >= 4 is 23.2 Å². The van der Waals surface area contributed by atoms with E-state index in [-0.39, 0.29) is 5.91 Å². The summed E-state index contributed by atoms with van der Waals surface area (Å²) < 4.78 is 12.6. The second kappa shape index (κ2) is 6.68. The van der Waals surface area contributed by atoms with Gasteiger partial charge in [-0.1, -0.05) is 11.6 Å². The molecule has 1 aromatic heterocycles. The molecule has 0 fully saturated rings. The van der Waals surface area contributed by atoms with Gasteiger partial charge in [-0.3, -0.25) is 4.79 Å². The molecule has 0 aliphatic carbocycles. The maximum Gasteiger partial charge on any atom is 0.255 e. The van der Waals surface area contributed by atoms with Crippen molar-refractivity contribution in [3.8, 4) is 17.2 Å². The van der Waals surface area contributed by atoms with Crippen molar-refractivity contribution < 1.29 is 14.3 Å². The number of rotatable bonds is 3. The molecule has 1 amide bonds. The second-order valence-corrected chi connectivity index (χ2v) is 6.18. The predicted molar refractivity (Wildman–Crippen MR) is 96.5 cm³/mol. The van der Waals surface area contributed by atoms with Crippen LogP contribution < -0.4 is 14.8 Å². The first-order chi connectivity index (χ1) is 12.6. The zero-order chi connectivity index (χ0) is 18.1. The summed E-state index contributed by atoms with van der Waals surface area (Å²) in [7, 11) is 0. The molecule has 1 aliphatic heterocycles. The zero-order valence-electron chi connectivity index (χ0n) is 13.9. The molecule has 0 saturated carbocycles. The van der Waals surface area contributed by atoms with Crippen LogP contribution in [0.25, 0.3) is 5.69 Å². The van der Waals surface area contributed by atoms with Crippen molar-refractivity contribution in [2.24, 2.45) is 0 Å². The van der Waals surface area contributed by atoms with E-state index in [1.807, 2.05) is 19.1 Å². The van der Waals surface area contributed by atoms with Crippen LogP contribution in [0.4, 0.5) is 5.69 Å². The van der Waals surface area contributed by atoms with Gasteiger partial charge in [0.2, 0.25) is 0 Å². The molecule has 1 N–H and O–H groups in total. The quantitative estimate of drug-likeness (QED) is 0.765. The Labute approximate surface area is 154 Å². The molecule has 26 heavy (non-hydrogen) atoms. The summed E-state index contributed by atoms with van der Waals surface area (Å²) in [5, 5.41) is 7.30. The number of carbonyl (C=O) groups is 1. The van der Waals surface area contributed by atoms with Crippen LogP contribution in [0.2, 0.25) is 5.02 Å². The molecule has 3 aromatic rings. The Morgan fingerprint density at radius 3 is 2.65 bits per heavy atom. The molecule has 0 bridgehead atoms. The normalized spacial score (nSPS) is 12.7. The van der Waals surface area contributed by atoms with E-state index in [1.54, 1.807) is 29.2 Å². The Balaban J connectivity index is 1.59. The van der Waals surface area contributed by atoms with Crippen molar-refractivity contribution in [2.45, 2.75) is 6.92 Å². The molecule has 7 nitrogen and oxygen atoms in total. The maximum atomic E-state index is 12.7. The van der Waals surface area contributed by atoms with Crippen molar-refractivity contribution in [3.05, 3.63) is 59.1 Å². The fourth-order valence-corrected chi connectivity index (χ4v) is 2.94. The van der Waals surface area contributed by atoms with Crippen LogP contribution in [0.15, 0.2) is 43.0 Å². The fraction of sp³-hybridized carbons (Fsp3) is 0.167. The Morgan fingerprint density at radius 2 is 1.96 bits per heavy atom. The van der Waals surface area contributed by atoms with Gasteiger partial charge in [0.25, 0.3) is 5.91 Å². The van der Waals surface area contributed by atoms with Gasteiger partial charge in [-0.25, -0.2) is 9.67 Å². The van der Waals surface area contributed by atoms with Crippen molar-refractivity contribution in [3.63, 3.8) is 0 Å². The molecule has 0 radical (unpaired) electrons. The SMILES string of the molecule is Cc1cc(-n2cncn2)ccc1C(=O)Nc1cc2c(cc1Cl)OCCO2. The van der Waals surface area contributed by atoms with E-state index in [0.717, 1.165) is 11.3 Å². The van der Waals surface area contributed by atoms with Crippen LogP contribution in [0.3, 0.4) is 0 Å². The molecule has 4 rings (SSSR count). The number of ether oxygens (including phenoxy) is 2. The number of anilines is 1. The predicted octanol–water partition coefficient (Wildman–Crippen LogP) is 3.25. The molecule has 1 aliphatic rings. The van der Waals surface area contributed by atoms with E-state index in [1.165, 1.54) is 6.33 Å². The largest absolute Gasteiger partial charge is 0.486 e. The lowest BCUT2D eigenvalue weighted by atomic mass is 10.1. The fourth-order valence-electron chi connectivity index (χ4n) is 2.74. The van der Waals surface area contributed by atoms with E-state index in [0.29, 0.717) is 41.0 Å². The molecule has 2 heterocycles. The average molecular weight is 371 g/mol. The number of amides is 1. The number of carbonyl (C=O) groups excluding carboxylic acids is 1. The molecule has 8 heteroatoms. The van der Waals surface area contributed by atoms with Gasteiger partial charge < -0.3 is 14.8 Å². The summed E-state index contributed by atoms with van der Waals surface area (Å²) in [4.78, 5) is 16.6. The summed E-state index contributed by atoms with van der Waals surface area (Å²) in [5.74, 6) is 0.882. The highest BCUT2D eigenvalue weighted by molar-refractivity contribution is 6.34. The van der Waals surface area contributed by atoms with E-state index < -0.39 is 0 Å². The van der Waals surface area contributed by atoms with E-state index >= 15 is 0 Å². The first kappa shape index (κ1) is 16.4. The summed E-state index contributed by atoms with van der Waals surface area (Å²) in [6.45, 7) is 2.80. The van der Waals surface area contributed by atoms with Gasteiger partial charge in [-0.2, -0.15) is 5.10 Å². The molecule has 0 atom stereocenters. The Hall–Kier alpha value is -3.06. The number of halogens is 1. The van der Waals surface area contributed by atoms with Gasteiger partial charge in [0.05, 0.1) is 16.4 Å². The third kappa shape index (κ3) is 3.09. The summed E-state index contributed by atoms with van der Waals surface area (Å²) in [5.41, 5.74) is 2.65. The standard InChI is InChI=1S/C18H15ClN4O3/c1-11-6-12(23-10-20-9-21-23)2-3-13(11)18(24)22-15-8-17-16(7-14(15)19)25-4-5-26-17/h2-3,6-10H,4-5H2,1H3,(H,22,24). The first-order valence-electron chi connectivity index (χ1n) is 7.98. The Bertz CT molecular complexity index is 973. The van der Waals surface area contributed by atoms with Crippen LogP contribution in [0.1, 0.15) is 15.9 Å². The minimum absolute atomic E-state index is 0.258. The molecule has 2 aromatic carbocycles. The highest BCUT2D eigenvalue weighted by Gasteiger charge is 2.18. The number of aromatic nitrogens is 3. The monoisotopic (exact) mass is 370 g/mol. The number of nitrogens with zero attached hydrogens (tertiary/aromatic N) is 3. The molecular weight excluding hydrogens is 356 g/mol. The van der Waals surface area contributed by atoms with Crippen molar-refractivity contribution in [1.82, 2.24) is 14.8 Å². The highest BCUT2D eigenvalue weighted by Crippen LogP contribution is 2.38. The van der Waals surface area contributed by atoms with E-state index in [2.05, 4.69) is 15.4 Å². The Kier molecular flexibility index (Phi) is 4.22. The van der Waals surface area contributed by atoms with E-state index in [4.69, 9.17) is 21.1 Å². The molecule has 132 valence electrons. The number of aryl methyl sites for hydroxylation is 1. The molecular formula is C18H15ClN4O3. The topological polar surface area (TPSA) is 78.3 Å². The number of benzene rings is 2. The second-order valence-electron chi connectivity index (χ2n) is 5.77. The molecule has 0 spiro atoms. The van der Waals surface area contributed by atoms with Gasteiger partial charge in [-0.15, -0.1) is 0 Å². The molecule has 0 saturated heterocycles. The smallest absolute Gasteiger partial charge is 0.255 e. The third-order valence-corrected chi connectivity index (χ3v) is 4.33. The zero-order valence-corrected chi connectivity index (χ0v) is 14.7. The minimum atomic E-state index is -0.258. The van der Waals surface area contributed by atoms with Crippen LogP contribution in [-0.2, 0) is 0 Å². The highest BCUT2D eigenvalue weighted by atomic mass is 35.5. The van der Waals surface area contributed by atoms with Gasteiger partial charge in [0.15, 0.2) is 11.5 Å². The molecule has 0 unspecified atom stereocenters. The van der Waals surface area contributed by atoms with Gasteiger partial charge in [0.1, 0.15) is 25.9 Å². The van der Waals surface area contributed by atoms with Crippen molar-refractivity contribution in [1.29, 1.82) is 0 Å². The maximum absolute atomic E-state index is 12.7. The van der Waals surface area contributed by atoms with E-state index in [9.17, 15) is 4.79 Å². The number of hydrogen-bond donors (Lipinski definition) is 1. The minimum Gasteiger partial charge on any atom is -0.486 e. The number of fused-ring (bicyclic) bond motifs is 1. The summed E-state index contributed by atoms with van der Waals surface area (Å²) in [6, 6.07) is 8.74. The van der Waals surface area contributed by atoms with Gasteiger partial charge in [0, 0.05) is 17.7 Å². The first-order valence-corrected chi connectivity index (χ1v) is 8.36. The Morgan fingerprint density at radius 1 is 1.19 bits per heavy atom. The van der Waals surface area contributed by atoms with Gasteiger partial charge >= 0.3 is 0 Å². The van der Waals surface area contributed by atoms with Crippen LogP contribution in [-0.4, -0.2) is 33.9 Å².